The van der Waals surface area contributed by atoms with Crippen molar-refractivity contribution in [1.82, 2.24) is 0 Å². The van der Waals surface area contributed by atoms with Gasteiger partial charge in [0, 0.05) is 0 Å². The molecule has 3 nitrogen and oxygen atoms in total. The Bertz CT molecular complexity index is 457. The lowest BCUT2D eigenvalue weighted by molar-refractivity contribution is 0.155. The summed E-state index contributed by atoms with van der Waals surface area (Å²) in [6, 6.07) is 2.34. The summed E-state index contributed by atoms with van der Waals surface area (Å²) in [6.45, 7) is 2.04. The highest BCUT2D eigenvalue weighted by molar-refractivity contribution is 5.68. The van der Waals surface area contributed by atoms with E-state index >= 15 is 0 Å². The molecule has 0 amide bonds. The van der Waals surface area contributed by atoms with Crippen molar-refractivity contribution in [2.24, 2.45) is 5.92 Å². The Balaban J connectivity index is 2.26. The van der Waals surface area contributed by atoms with Gasteiger partial charge in [0.15, 0.2) is 11.6 Å². The third-order valence-electron chi connectivity index (χ3n) is 4.05. The van der Waals surface area contributed by atoms with Crippen molar-refractivity contribution in [2.45, 2.75) is 38.1 Å². The van der Waals surface area contributed by atoms with Crippen LogP contribution in [0.3, 0.4) is 0 Å². The molecule has 1 aliphatic carbocycles. The molecule has 106 valence electrons. The molecule has 4 N–H and O–H groups in total. The number of halogens is 2. The van der Waals surface area contributed by atoms with Gasteiger partial charge in [-0.05, 0) is 43.7 Å². The summed E-state index contributed by atoms with van der Waals surface area (Å²) >= 11 is 0. The average molecular weight is 270 g/mol. The molecule has 1 fully saturated rings. The van der Waals surface area contributed by atoms with Gasteiger partial charge in [-0.1, -0.05) is 6.92 Å². The minimum atomic E-state index is -0.980. The highest BCUT2D eigenvalue weighted by atomic mass is 19.2. The zero-order chi connectivity index (χ0) is 14.0. The molecule has 0 atom stereocenters. The molecule has 0 unspecified atom stereocenters. The average Bonchev–Trinajstić information content (AvgIpc) is 2.42. The topological polar surface area (TPSA) is 58.3 Å². The second-order valence-electron chi connectivity index (χ2n) is 5.57. The first-order chi connectivity index (χ1) is 8.97. The molecule has 19 heavy (non-hydrogen) atoms. The molecule has 0 heterocycles. The zero-order valence-electron chi connectivity index (χ0n) is 11.0. The summed E-state index contributed by atoms with van der Waals surface area (Å²) in [6.07, 6.45) is 3.34. The van der Waals surface area contributed by atoms with Crippen LogP contribution in [0.4, 0.5) is 20.2 Å². The Hall–Kier alpha value is -1.36. The lowest BCUT2D eigenvalue weighted by atomic mass is 9.77. The molecule has 0 spiro atoms. The van der Waals surface area contributed by atoms with E-state index in [-0.39, 0.29) is 18.0 Å². The third-order valence-corrected chi connectivity index (χ3v) is 4.05. The van der Waals surface area contributed by atoms with Crippen LogP contribution in [-0.2, 0) is 0 Å². The van der Waals surface area contributed by atoms with Crippen LogP contribution in [0, 0.1) is 17.6 Å². The van der Waals surface area contributed by atoms with E-state index in [1.807, 2.05) is 0 Å². The van der Waals surface area contributed by atoms with E-state index in [1.54, 1.807) is 0 Å². The van der Waals surface area contributed by atoms with Crippen LogP contribution in [0.5, 0.6) is 0 Å². The van der Waals surface area contributed by atoms with Gasteiger partial charge >= 0.3 is 0 Å². The van der Waals surface area contributed by atoms with Gasteiger partial charge in [-0.3, -0.25) is 0 Å². The number of aliphatic hydroxyl groups is 1. The highest BCUT2D eigenvalue weighted by Crippen LogP contribution is 2.36. The van der Waals surface area contributed by atoms with Crippen LogP contribution in [-0.4, -0.2) is 17.3 Å². The van der Waals surface area contributed by atoms with Crippen molar-refractivity contribution < 1.29 is 13.9 Å². The summed E-state index contributed by atoms with van der Waals surface area (Å²) in [5.74, 6) is -1.32. The maximum absolute atomic E-state index is 13.8. The van der Waals surface area contributed by atoms with Crippen molar-refractivity contribution in [2.75, 3.05) is 17.7 Å². The number of rotatable bonds is 3. The van der Waals surface area contributed by atoms with E-state index in [2.05, 4.69) is 12.2 Å². The molecule has 0 bridgehead atoms. The number of nitrogens with two attached hydrogens (primary N) is 1. The van der Waals surface area contributed by atoms with Crippen molar-refractivity contribution >= 4 is 11.4 Å². The second-order valence-corrected chi connectivity index (χ2v) is 5.57. The van der Waals surface area contributed by atoms with Crippen LogP contribution in [0.1, 0.15) is 32.6 Å². The van der Waals surface area contributed by atoms with Crippen molar-refractivity contribution in [3.63, 3.8) is 0 Å². The largest absolute Gasteiger partial charge is 0.397 e. The van der Waals surface area contributed by atoms with Crippen molar-refractivity contribution in [3.8, 4) is 0 Å². The van der Waals surface area contributed by atoms with Gasteiger partial charge in [-0.15, -0.1) is 0 Å². The molecule has 1 aromatic rings. The third kappa shape index (κ3) is 2.81. The van der Waals surface area contributed by atoms with Crippen molar-refractivity contribution in [3.05, 3.63) is 23.8 Å². The van der Waals surface area contributed by atoms with E-state index < -0.39 is 17.2 Å². The second kappa shape index (κ2) is 5.33. The van der Waals surface area contributed by atoms with Gasteiger partial charge in [0.1, 0.15) is 0 Å². The standard InChI is InChI=1S/C14H20F2N2O/c1-9-4-6-14(8-19,7-5-9)18-13-11(17)3-2-10(15)12(13)16/h2-3,9,18-19H,4-8,17H2,1H3. The number of anilines is 2. The van der Waals surface area contributed by atoms with Gasteiger partial charge in [-0.25, -0.2) is 8.78 Å². The Morgan fingerprint density at radius 3 is 2.58 bits per heavy atom. The lowest BCUT2D eigenvalue weighted by Gasteiger charge is -2.39. The predicted molar refractivity (Wildman–Crippen MR) is 71.8 cm³/mol. The number of hydrogen-bond acceptors (Lipinski definition) is 3. The van der Waals surface area contributed by atoms with E-state index in [0.717, 1.165) is 31.7 Å². The monoisotopic (exact) mass is 270 g/mol. The van der Waals surface area contributed by atoms with E-state index in [9.17, 15) is 13.9 Å². The van der Waals surface area contributed by atoms with Crippen LogP contribution >= 0.6 is 0 Å². The Labute approximate surface area is 111 Å². The fourth-order valence-corrected chi connectivity index (χ4v) is 2.60. The molecule has 1 aliphatic rings. The molecule has 1 aromatic carbocycles. The Kier molecular flexibility index (Phi) is 3.94. The van der Waals surface area contributed by atoms with Crippen LogP contribution < -0.4 is 11.1 Å². The first-order valence-electron chi connectivity index (χ1n) is 6.60. The number of benzene rings is 1. The summed E-state index contributed by atoms with van der Waals surface area (Å²) in [5, 5.41) is 12.6. The van der Waals surface area contributed by atoms with Crippen molar-refractivity contribution in [1.29, 1.82) is 0 Å². The minimum Gasteiger partial charge on any atom is -0.397 e. The van der Waals surface area contributed by atoms with Crippen LogP contribution in [0.15, 0.2) is 12.1 Å². The highest BCUT2D eigenvalue weighted by Gasteiger charge is 2.34. The number of aliphatic hydroxyl groups excluding tert-OH is 1. The molecule has 0 aromatic heterocycles. The molecule has 0 aliphatic heterocycles. The van der Waals surface area contributed by atoms with Gasteiger partial charge in [0.25, 0.3) is 0 Å². The zero-order valence-corrected chi connectivity index (χ0v) is 11.0. The fourth-order valence-electron chi connectivity index (χ4n) is 2.60. The normalized spacial score (nSPS) is 27.3. The lowest BCUT2D eigenvalue weighted by Crippen LogP contribution is -2.45. The van der Waals surface area contributed by atoms with Crippen LogP contribution in [0.25, 0.3) is 0 Å². The molecule has 2 rings (SSSR count). The molecule has 1 saturated carbocycles. The van der Waals surface area contributed by atoms with Gasteiger partial charge < -0.3 is 16.2 Å². The fraction of sp³-hybridized carbons (Fsp3) is 0.571. The van der Waals surface area contributed by atoms with E-state index in [1.165, 1.54) is 6.07 Å². The first kappa shape index (κ1) is 14.1. The molecule has 0 radical (unpaired) electrons. The predicted octanol–water partition coefficient (Wildman–Crippen LogP) is 2.90. The molecule has 5 heteroatoms. The number of nitrogen functional groups attached to an aromatic ring is 1. The molecular weight excluding hydrogens is 250 g/mol. The smallest absolute Gasteiger partial charge is 0.183 e. The molecule has 0 saturated heterocycles. The first-order valence-corrected chi connectivity index (χ1v) is 6.60. The SMILES string of the molecule is CC1CCC(CO)(Nc2c(N)ccc(F)c2F)CC1. The summed E-state index contributed by atoms with van der Waals surface area (Å²) in [5.41, 5.74) is 5.22. The summed E-state index contributed by atoms with van der Waals surface area (Å²) < 4.78 is 27.1. The molecular formula is C14H20F2N2O. The number of nitrogens with one attached hydrogen (secondary N) is 1. The Morgan fingerprint density at radius 1 is 1.37 bits per heavy atom. The summed E-state index contributed by atoms with van der Waals surface area (Å²) in [7, 11) is 0. The van der Waals surface area contributed by atoms with E-state index in [4.69, 9.17) is 5.73 Å². The summed E-state index contributed by atoms with van der Waals surface area (Å²) in [4.78, 5) is 0. The Morgan fingerprint density at radius 2 is 2.00 bits per heavy atom. The van der Waals surface area contributed by atoms with Gasteiger partial charge in [0.2, 0.25) is 0 Å². The number of hydrogen-bond donors (Lipinski definition) is 3. The van der Waals surface area contributed by atoms with Gasteiger partial charge in [0.05, 0.1) is 23.5 Å². The minimum absolute atomic E-state index is 0.0383. The van der Waals surface area contributed by atoms with E-state index in [0.29, 0.717) is 5.92 Å². The maximum Gasteiger partial charge on any atom is 0.183 e. The van der Waals surface area contributed by atoms with Gasteiger partial charge in [-0.2, -0.15) is 0 Å². The maximum atomic E-state index is 13.8. The van der Waals surface area contributed by atoms with Crippen LogP contribution in [0.2, 0.25) is 0 Å². The quantitative estimate of drug-likeness (QED) is 0.740.